The van der Waals surface area contributed by atoms with Crippen LogP contribution in [0.25, 0.3) is 0 Å². The van der Waals surface area contributed by atoms with Crippen molar-refractivity contribution < 1.29 is 9.53 Å². The summed E-state index contributed by atoms with van der Waals surface area (Å²) in [5.74, 6) is 0.814. The number of hydrogen-bond donors (Lipinski definition) is 1. The van der Waals surface area contributed by atoms with E-state index in [0.29, 0.717) is 11.6 Å². The molecule has 0 unspecified atom stereocenters. The molecule has 1 aromatic heterocycles. The van der Waals surface area contributed by atoms with Gasteiger partial charge in [0, 0.05) is 25.8 Å². The first-order chi connectivity index (χ1) is 14.6. The number of nitrogens with zero attached hydrogens (tertiary/aromatic N) is 2. The fourth-order valence-corrected chi connectivity index (χ4v) is 4.55. The molecule has 0 radical (unpaired) electrons. The number of H-pyrrole nitrogens is 1. The van der Waals surface area contributed by atoms with Crippen molar-refractivity contribution in [2.75, 3.05) is 25.6 Å². The van der Waals surface area contributed by atoms with Crippen LogP contribution in [0.15, 0.2) is 54.7 Å². The average Bonchev–Trinajstić information content (AvgIpc) is 3.18. The van der Waals surface area contributed by atoms with Gasteiger partial charge in [-0.05, 0) is 66.7 Å². The predicted octanol–water partition coefficient (Wildman–Crippen LogP) is 4.74. The normalized spacial score (nSPS) is 15.5. The van der Waals surface area contributed by atoms with Gasteiger partial charge >= 0.3 is 5.97 Å². The van der Waals surface area contributed by atoms with Crippen LogP contribution in [0.1, 0.15) is 39.5 Å². The molecule has 0 aliphatic heterocycles. The lowest BCUT2D eigenvalue weighted by Crippen LogP contribution is -2.27. The summed E-state index contributed by atoms with van der Waals surface area (Å²) in [5.41, 5.74) is 4.64. The van der Waals surface area contributed by atoms with Crippen LogP contribution in [0.4, 0.5) is 5.82 Å². The number of aromatic amines is 1. The van der Waals surface area contributed by atoms with Gasteiger partial charge in [0.25, 0.3) is 0 Å². The van der Waals surface area contributed by atoms with Crippen molar-refractivity contribution >= 4 is 24.0 Å². The summed E-state index contributed by atoms with van der Waals surface area (Å²) < 4.78 is 7.83. The van der Waals surface area contributed by atoms with Crippen molar-refractivity contribution in [3.63, 3.8) is 0 Å². The van der Waals surface area contributed by atoms with Gasteiger partial charge in [-0.15, -0.1) is 0 Å². The Morgan fingerprint density at radius 1 is 1.20 bits per heavy atom. The highest BCUT2D eigenvalue weighted by Gasteiger charge is 2.23. The first-order valence-electron chi connectivity index (χ1n) is 10.3. The van der Waals surface area contributed by atoms with Crippen LogP contribution in [0.5, 0.6) is 0 Å². The van der Waals surface area contributed by atoms with Crippen LogP contribution in [0.2, 0.25) is 0 Å². The van der Waals surface area contributed by atoms with Crippen LogP contribution in [0, 0.1) is 4.77 Å². The van der Waals surface area contributed by atoms with Gasteiger partial charge in [0.05, 0.1) is 12.7 Å². The van der Waals surface area contributed by atoms with Crippen LogP contribution in [0.3, 0.4) is 0 Å². The number of ether oxygens (including phenoxy) is 1. The zero-order valence-electron chi connectivity index (χ0n) is 17.4. The number of methoxy groups -OCH3 is 1. The molecule has 0 saturated carbocycles. The Bertz CT molecular complexity index is 1080. The minimum Gasteiger partial charge on any atom is -0.465 e. The number of aryl methyl sites for hydroxylation is 1. The molecular weight excluding hydrogens is 394 g/mol. The van der Waals surface area contributed by atoms with Crippen LogP contribution in [-0.4, -0.2) is 36.2 Å². The Kier molecular flexibility index (Phi) is 6.04. The molecule has 2 aromatic carbocycles. The Hall–Kier alpha value is -2.86. The standard InChI is InChI=1S/C24H27N3O2S/c1-26(14-13-17-7-9-19(10-8-17)23(28)29-2)22-16-25-24(30)27(22)21-12-11-18-5-3-4-6-20(18)15-21/h3-10,16,21H,11-15H2,1-2H3,(H,25,30)/t21-/m0/s1. The van der Waals surface area contributed by atoms with E-state index in [1.165, 1.54) is 23.8 Å². The van der Waals surface area contributed by atoms with Crippen molar-refractivity contribution in [3.8, 4) is 0 Å². The number of rotatable bonds is 6. The highest BCUT2D eigenvalue weighted by Crippen LogP contribution is 2.32. The molecule has 156 valence electrons. The number of likely N-dealkylation sites (N-methyl/N-ethyl adjacent to an activating group) is 1. The highest BCUT2D eigenvalue weighted by atomic mass is 32.1. The van der Waals surface area contributed by atoms with E-state index >= 15 is 0 Å². The molecule has 1 aliphatic carbocycles. The number of esters is 1. The van der Waals surface area contributed by atoms with Gasteiger partial charge in [0.1, 0.15) is 5.82 Å². The van der Waals surface area contributed by atoms with E-state index in [1.54, 1.807) is 0 Å². The molecule has 4 rings (SSSR count). The van der Waals surface area contributed by atoms with Crippen molar-refractivity contribution in [1.82, 2.24) is 9.55 Å². The van der Waals surface area contributed by atoms with Crippen molar-refractivity contribution in [3.05, 3.63) is 81.8 Å². The summed E-state index contributed by atoms with van der Waals surface area (Å²) in [6.45, 7) is 0.855. The number of hydrogen-bond acceptors (Lipinski definition) is 4. The molecule has 0 bridgehead atoms. The smallest absolute Gasteiger partial charge is 0.337 e. The van der Waals surface area contributed by atoms with E-state index in [9.17, 15) is 4.79 Å². The summed E-state index contributed by atoms with van der Waals surface area (Å²) >= 11 is 5.64. The fraction of sp³-hybridized carbons (Fsp3) is 0.333. The molecule has 1 atom stereocenters. The van der Waals surface area contributed by atoms with Gasteiger partial charge < -0.3 is 19.2 Å². The average molecular weight is 422 g/mol. The zero-order valence-corrected chi connectivity index (χ0v) is 18.2. The van der Waals surface area contributed by atoms with E-state index < -0.39 is 0 Å². The minimum absolute atomic E-state index is 0.306. The predicted molar refractivity (Wildman–Crippen MR) is 122 cm³/mol. The molecule has 5 nitrogen and oxygen atoms in total. The summed E-state index contributed by atoms with van der Waals surface area (Å²) in [5, 5.41) is 0. The van der Waals surface area contributed by atoms with Crippen LogP contribution < -0.4 is 4.90 Å². The van der Waals surface area contributed by atoms with Gasteiger partial charge in [0.15, 0.2) is 4.77 Å². The topological polar surface area (TPSA) is 50.3 Å². The number of nitrogens with one attached hydrogen (secondary N) is 1. The molecule has 0 spiro atoms. The SMILES string of the molecule is COC(=O)c1ccc(CCN(C)c2c[nH]c(=S)n2[C@H]2CCc3ccccc3C2)cc1. The molecular formula is C24H27N3O2S. The first-order valence-corrected chi connectivity index (χ1v) is 10.7. The number of aromatic nitrogens is 2. The Morgan fingerprint density at radius 2 is 1.93 bits per heavy atom. The lowest BCUT2D eigenvalue weighted by molar-refractivity contribution is 0.0600. The Morgan fingerprint density at radius 3 is 2.67 bits per heavy atom. The number of imidazole rings is 1. The summed E-state index contributed by atoms with van der Waals surface area (Å²) in [7, 11) is 3.50. The number of carbonyl (C=O) groups excluding carboxylic acids is 1. The molecule has 1 aliphatic rings. The van der Waals surface area contributed by atoms with Crippen molar-refractivity contribution in [2.24, 2.45) is 0 Å². The Balaban J connectivity index is 1.46. The monoisotopic (exact) mass is 421 g/mol. The van der Waals surface area contributed by atoms with Crippen LogP contribution >= 0.6 is 12.2 Å². The lowest BCUT2D eigenvalue weighted by atomic mass is 9.88. The Labute approximate surface area is 182 Å². The van der Waals surface area contributed by atoms with Gasteiger partial charge in [-0.3, -0.25) is 0 Å². The maximum Gasteiger partial charge on any atom is 0.337 e. The third-order valence-corrected chi connectivity index (χ3v) is 6.29. The summed E-state index contributed by atoms with van der Waals surface area (Å²) in [4.78, 5) is 17.1. The van der Waals surface area contributed by atoms with E-state index in [4.69, 9.17) is 17.0 Å². The van der Waals surface area contributed by atoms with Gasteiger partial charge in [0.2, 0.25) is 0 Å². The fourth-order valence-electron chi connectivity index (χ4n) is 4.25. The van der Waals surface area contributed by atoms with Gasteiger partial charge in [-0.2, -0.15) is 0 Å². The third-order valence-electron chi connectivity index (χ3n) is 5.98. The van der Waals surface area contributed by atoms with E-state index in [2.05, 4.69) is 45.8 Å². The molecule has 3 aromatic rings. The minimum atomic E-state index is -0.306. The zero-order chi connectivity index (χ0) is 21.1. The molecule has 0 saturated heterocycles. The number of anilines is 1. The number of carbonyl (C=O) groups is 1. The van der Waals surface area contributed by atoms with Gasteiger partial charge in [-0.1, -0.05) is 36.4 Å². The quantitative estimate of drug-likeness (QED) is 0.461. The van der Waals surface area contributed by atoms with Gasteiger partial charge in [-0.25, -0.2) is 4.79 Å². The van der Waals surface area contributed by atoms with Crippen LogP contribution in [-0.2, 0) is 24.0 Å². The first kappa shape index (κ1) is 20.4. The van der Waals surface area contributed by atoms with Crippen molar-refractivity contribution in [1.29, 1.82) is 0 Å². The van der Waals surface area contributed by atoms with Crippen molar-refractivity contribution in [2.45, 2.75) is 31.7 Å². The van der Waals surface area contributed by atoms with E-state index in [-0.39, 0.29) is 5.97 Å². The number of fused-ring (bicyclic) bond motifs is 1. The van der Waals surface area contributed by atoms with E-state index in [0.717, 1.165) is 42.8 Å². The molecule has 30 heavy (non-hydrogen) atoms. The molecule has 1 heterocycles. The largest absolute Gasteiger partial charge is 0.465 e. The summed E-state index contributed by atoms with van der Waals surface area (Å²) in [6, 6.07) is 16.7. The number of benzene rings is 2. The molecule has 0 fully saturated rings. The van der Waals surface area contributed by atoms with E-state index in [1.807, 2.05) is 30.5 Å². The second kappa shape index (κ2) is 8.88. The highest BCUT2D eigenvalue weighted by molar-refractivity contribution is 7.71. The summed E-state index contributed by atoms with van der Waals surface area (Å²) in [6.07, 6.45) is 6.09. The third kappa shape index (κ3) is 4.19. The molecule has 1 N–H and O–H groups in total. The molecule has 0 amide bonds. The molecule has 6 heteroatoms. The second-order valence-electron chi connectivity index (χ2n) is 7.85. The lowest BCUT2D eigenvalue weighted by Gasteiger charge is -2.29. The maximum atomic E-state index is 11.6. The second-order valence-corrected chi connectivity index (χ2v) is 8.23. The maximum absolute atomic E-state index is 11.6.